The highest BCUT2D eigenvalue weighted by Gasteiger charge is 2.17. The summed E-state index contributed by atoms with van der Waals surface area (Å²) in [7, 11) is 1.26. The van der Waals surface area contributed by atoms with Crippen LogP contribution in [-0.4, -0.2) is 46.2 Å². The maximum atomic E-state index is 14.1. The van der Waals surface area contributed by atoms with E-state index in [-0.39, 0.29) is 40.0 Å². The van der Waals surface area contributed by atoms with E-state index in [2.05, 4.69) is 25.8 Å². The fraction of sp³-hybridized carbons (Fsp3) is 0.105. The summed E-state index contributed by atoms with van der Waals surface area (Å²) in [5.41, 5.74) is -0.273. The summed E-state index contributed by atoms with van der Waals surface area (Å²) >= 11 is 0. The fourth-order valence-corrected chi connectivity index (χ4v) is 2.46. The van der Waals surface area contributed by atoms with Crippen molar-refractivity contribution in [2.75, 3.05) is 24.7 Å². The zero-order chi connectivity index (χ0) is 24.2. The lowest BCUT2D eigenvalue weighted by atomic mass is 10.2. The van der Waals surface area contributed by atoms with Crippen LogP contribution in [0.3, 0.4) is 0 Å². The van der Waals surface area contributed by atoms with Gasteiger partial charge in [0.25, 0.3) is 5.91 Å². The Hall–Kier alpha value is -4.28. The Kier molecular flexibility index (Phi) is 4.89. The van der Waals surface area contributed by atoms with Crippen molar-refractivity contribution in [3.8, 4) is 5.75 Å². The molecule has 2 aromatic heterocycles. The van der Waals surface area contributed by atoms with Gasteiger partial charge in [0.15, 0.2) is 23.1 Å². The molecular weight excluding hydrogens is 395 g/mol. The second-order valence-corrected chi connectivity index (χ2v) is 5.75. The summed E-state index contributed by atoms with van der Waals surface area (Å²) in [4.78, 5) is 27.4. The average molecular weight is 415 g/mol. The van der Waals surface area contributed by atoms with Crippen LogP contribution in [0.5, 0.6) is 5.75 Å². The van der Waals surface area contributed by atoms with Gasteiger partial charge in [0.1, 0.15) is 5.82 Å². The maximum Gasteiger partial charge on any atom is 0.337 e. The van der Waals surface area contributed by atoms with Crippen molar-refractivity contribution >= 4 is 34.9 Å². The van der Waals surface area contributed by atoms with E-state index in [0.29, 0.717) is 0 Å². The Morgan fingerprint density at radius 2 is 1.97 bits per heavy atom. The van der Waals surface area contributed by atoms with Gasteiger partial charge in [-0.2, -0.15) is 0 Å². The van der Waals surface area contributed by atoms with Gasteiger partial charge in [-0.05, 0) is 24.3 Å². The molecule has 0 fully saturated rings. The van der Waals surface area contributed by atoms with Gasteiger partial charge in [-0.1, -0.05) is 6.07 Å². The number of para-hydroxylation sites is 1. The number of aromatic carboxylic acids is 1. The quantitative estimate of drug-likeness (QED) is 0.458. The molecule has 0 saturated carbocycles. The number of nitrogens with zero attached hydrogens (tertiary/aromatic N) is 3. The summed E-state index contributed by atoms with van der Waals surface area (Å²) in [6.45, 7) is -2.78. The highest BCUT2D eigenvalue weighted by molar-refractivity contribution is 5.98. The van der Waals surface area contributed by atoms with E-state index in [0.717, 1.165) is 6.20 Å². The molecule has 30 heavy (non-hydrogen) atoms. The average Bonchev–Trinajstić information content (AvgIpc) is 2.73. The van der Waals surface area contributed by atoms with Crippen LogP contribution in [0.1, 0.15) is 25.0 Å². The number of pyridine rings is 1. The Morgan fingerprint density at radius 3 is 2.63 bits per heavy atom. The number of ether oxygens (including phenoxy) is 1. The molecule has 0 atom stereocenters. The molecule has 3 rings (SSSR count). The van der Waals surface area contributed by atoms with Crippen molar-refractivity contribution in [3.05, 3.63) is 59.7 Å². The summed E-state index contributed by atoms with van der Waals surface area (Å²) < 4.78 is 40.8. The summed E-state index contributed by atoms with van der Waals surface area (Å²) in [6, 6.07) is 8.09. The van der Waals surface area contributed by atoms with E-state index < -0.39 is 24.7 Å². The van der Waals surface area contributed by atoms with E-state index in [1.54, 1.807) is 0 Å². The third kappa shape index (κ3) is 4.41. The molecular formula is C19H17FN6O4. The Bertz CT molecular complexity index is 1190. The lowest BCUT2D eigenvalue weighted by molar-refractivity contribution is 0.0696. The Balaban J connectivity index is 1.98. The van der Waals surface area contributed by atoms with E-state index >= 15 is 0 Å². The molecule has 1 amide bonds. The molecule has 1 aromatic carbocycles. The third-order valence-electron chi connectivity index (χ3n) is 3.83. The predicted molar refractivity (Wildman–Crippen MR) is 106 cm³/mol. The SMILES string of the molecule is [2H]C([2H])([2H])NC(=O)c1nnc(Nc2ccc(C(=O)O)cn2)cc1Nc1cccc(F)c1OC. The van der Waals surface area contributed by atoms with Crippen LogP contribution in [0.4, 0.5) is 27.4 Å². The number of carbonyl (C=O) groups excluding carboxylic acids is 1. The standard InChI is InChI=1S/C19H17FN6O4/c1-21-18(27)16-13(23-12-5-3-4-11(20)17(12)30-2)8-15(25-26-16)24-14-7-6-10(9-22-14)19(28)29/h3-9H,1-2H3,(H,21,27)(H,28,29)(H2,22,23,24,25)/i1D3. The number of nitrogens with one attached hydrogen (secondary N) is 3. The molecule has 2 heterocycles. The lowest BCUT2D eigenvalue weighted by Crippen LogP contribution is -2.21. The minimum atomic E-state index is -2.78. The van der Waals surface area contributed by atoms with Crippen molar-refractivity contribution in [3.63, 3.8) is 0 Å². The van der Waals surface area contributed by atoms with Gasteiger partial charge >= 0.3 is 5.97 Å². The number of carboxylic acids is 1. The van der Waals surface area contributed by atoms with Gasteiger partial charge in [-0.3, -0.25) is 4.79 Å². The number of rotatable bonds is 7. The van der Waals surface area contributed by atoms with Crippen LogP contribution in [0.15, 0.2) is 42.6 Å². The van der Waals surface area contributed by atoms with Crippen LogP contribution in [0, 0.1) is 5.82 Å². The van der Waals surface area contributed by atoms with Crippen LogP contribution in [0.2, 0.25) is 0 Å². The summed E-state index contributed by atoms with van der Waals surface area (Å²) in [6.07, 6.45) is 1.13. The molecule has 0 aliphatic heterocycles. The molecule has 10 nitrogen and oxygen atoms in total. The summed E-state index contributed by atoms with van der Waals surface area (Å²) in [5.74, 6) is -2.70. The maximum absolute atomic E-state index is 14.1. The zero-order valence-corrected chi connectivity index (χ0v) is 15.4. The smallest absolute Gasteiger partial charge is 0.337 e. The molecule has 0 unspecified atom stereocenters. The molecule has 11 heteroatoms. The van der Waals surface area contributed by atoms with Crippen LogP contribution in [-0.2, 0) is 0 Å². The highest BCUT2D eigenvalue weighted by atomic mass is 19.1. The van der Waals surface area contributed by atoms with Gasteiger partial charge < -0.3 is 25.8 Å². The molecule has 4 N–H and O–H groups in total. The first-order valence-electron chi connectivity index (χ1n) is 9.83. The fourth-order valence-electron chi connectivity index (χ4n) is 2.46. The normalized spacial score (nSPS) is 12.1. The number of aromatic nitrogens is 3. The van der Waals surface area contributed by atoms with Gasteiger partial charge in [-0.25, -0.2) is 14.2 Å². The topological polar surface area (TPSA) is 138 Å². The molecule has 0 aliphatic rings. The predicted octanol–water partition coefficient (Wildman–Crippen LogP) is 2.56. The number of carboxylic acid groups (broad SMARTS) is 1. The van der Waals surface area contributed by atoms with Crippen molar-refractivity contribution < 1.29 is 27.9 Å². The number of anilines is 4. The number of hydrogen-bond donors (Lipinski definition) is 4. The number of amides is 1. The van der Waals surface area contributed by atoms with Gasteiger partial charge in [0, 0.05) is 23.4 Å². The molecule has 0 aliphatic carbocycles. The monoisotopic (exact) mass is 415 g/mol. The largest absolute Gasteiger partial charge is 0.492 e. The van der Waals surface area contributed by atoms with Crippen molar-refractivity contribution in [2.45, 2.75) is 0 Å². The molecule has 0 spiro atoms. The van der Waals surface area contributed by atoms with E-state index in [1.165, 1.54) is 43.5 Å². The van der Waals surface area contributed by atoms with Gasteiger partial charge in [-0.15, -0.1) is 10.2 Å². The van der Waals surface area contributed by atoms with Crippen molar-refractivity contribution in [1.29, 1.82) is 0 Å². The molecule has 0 bridgehead atoms. The number of halogens is 1. The van der Waals surface area contributed by atoms with Gasteiger partial charge in [0.05, 0.1) is 24.0 Å². The number of benzene rings is 1. The Morgan fingerprint density at radius 1 is 1.13 bits per heavy atom. The van der Waals surface area contributed by atoms with Gasteiger partial charge in [0.2, 0.25) is 0 Å². The van der Waals surface area contributed by atoms with E-state index in [4.69, 9.17) is 14.0 Å². The third-order valence-corrected chi connectivity index (χ3v) is 3.83. The van der Waals surface area contributed by atoms with Crippen molar-refractivity contribution in [1.82, 2.24) is 20.5 Å². The first-order chi connectivity index (χ1) is 15.6. The second kappa shape index (κ2) is 8.82. The van der Waals surface area contributed by atoms with Crippen LogP contribution in [0.25, 0.3) is 0 Å². The second-order valence-electron chi connectivity index (χ2n) is 5.75. The lowest BCUT2D eigenvalue weighted by Gasteiger charge is -2.14. The van der Waals surface area contributed by atoms with Crippen LogP contribution < -0.4 is 20.7 Å². The zero-order valence-electron chi connectivity index (χ0n) is 18.4. The molecule has 0 saturated heterocycles. The number of hydrogen-bond acceptors (Lipinski definition) is 8. The molecule has 154 valence electrons. The molecule has 3 aromatic rings. The number of carbonyl (C=O) groups is 2. The number of methoxy groups -OCH3 is 1. The van der Waals surface area contributed by atoms with Crippen molar-refractivity contribution in [2.24, 2.45) is 0 Å². The minimum absolute atomic E-state index is 0.0136. The first kappa shape index (κ1) is 16.7. The van der Waals surface area contributed by atoms with Crippen LogP contribution >= 0.6 is 0 Å². The minimum Gasteiger partial charge on any atom is -0.492 e. The first-order valence-corrected chi connectivity index (χ1v) is 8.33. The Labute approximate surface area is 174 Å². The highest BCUT2D eigenvalue weighted by Crippen LogP contribution is 2.31. The molecule has 0 radical (unpaired) electrons. The van der Waals surface area contributed by atoms with E-state index in [1.807, 2.05) is 5.32 Å². The van der Waals surface area contributed by atoms with E-state index in [9.17, 15) is 14.0 Å². The summed E-state index contributed by atoms with van der Waals surface area (Å²) in [5, 5.41) is 24.0.